The molecular formula is C68H45N3O. The molecule has 0 fully saturated rings. The predicted molar refractivity (Wildman–Crippen MR) is 303 cm³/mol. The van der Waals surface area contributed by atoms with E-state index in [4.69, 9.17) is 4.42 Å². The van der Waals surface area contributed by atoms with E-state index in [1.54, 1.807) is 0 Å². The lowest BCUT2D eigenvalue weighted by Gasteiger charge is -2.27. The lowest BCUT2D eigenvalue weighted by Crippen LogP contribution is -2.11. The minimum absolute atomic E-state index is 0.842. The van der Waals surface area contributed by atoms with Gasteiger partial charge in [-0.15, -0.1) is 0 Å². The van der Waals surface area contributed by atoms with E-state index in [9.17, 15) is 0 Å². The molecule has 12 aromatic carbocycles. The molecule has 0 spiro atoms. The number of aromatic nitrogens is 1. The Morgan fingerprint density at radius 1 is 0.278 bits per heavy atom. The van der Waals surface area contributed by atoms with Crippen LogP contribution in [-0.4, -0.2) is 4.57 Å². The zero-order chi connectivity index (χ0) is 47.5. The minimum atomic E-state index is 0.842. The van der Waals surface area contributed by atoms with Gasteiger partial charge in [0, 0.05) is 55.1 Å². The highest BCUT2D eigenvalue weighted by molar-refractivity contribution is 6.32. The third-order valence-electron chi connectivity index (χ3n) is 14.3. The highest BCUT2D eigenvalue weighted by atomic mass is 16.3. The molecule has 2 heterocycles. The fraction of sp³-hybridized carbons (Fsp3) is 0. The van der Waals surface area contributed by atoms with E-state index in [0.717, 1.165) is 83.6 Å². The van der Waals surface area contributed by atoms with E-state index in [2.05, 4.69) is 287 Å². The third kappa shape index (κ3) is 6.76. The Morgan fingerprint density at radius 3 is 1.11 bits per heavy atom. The smallest absolute Gasteiger partial charge is 0.159 e. The normalized spacial score (nSPS) is 11.6. The van der Waals surface area contributed by atoms with E-state index >= 15 is 0 Å². The molecule has 4 heteroatoms. The summed E-state index contributed by atoms with van der Waals surface area (Å²) in [6.45, 7) is 0. The van der Waals surface area contributed by atoms with Crippen molar-refractivity contribution in [3.63, 3.8) is 0 Å². The Balaban J connectivity index is 1.10. The molecule has 0 aliphatic rings. The molecule has 0 aliphatic heterocycles. The highest BCUT2D eigenvalue weighted by Crippen LogP contribution is 2.51. The Bertz CT molecular complexity index is 4070. The number of nitrogens with zero attached hydrogens (tertiary/aromatic N) is 3. The molecule has 338 valence electrons. The van der Waals surface area contributed by atoms with Crippen molar-refractivity contribution in [3.05, 3.63) is 273 Å². The van der Waals surface area contributed by atoms with Gasteiger partial charge in [-0.1, -0.05) is 200 Å². The minimum Gasteiger partial charge on any atom is -0.454 e. The van der Waals surface area contributed by atoms with Gasteiger partial charge in [0.2, 0.25) is 0 Å². The summed E-state index contributed by atoms with van der Waals surface area (Å²) in [5, 5.41) is 9.18. The molecule has 0 saturated carbocycles. The van der Waals surface area contributed by atoms with E-state index in [1.807, 2.05) is 0 Å². The second kappa shape index (κ2) is 17.1. The zero-order valence-electron chi connectivity index (χ0n) is 39.2. The van der Waals surface area contributed by atoms with Gasteiger partial charge in [0.15, 0.2) is 5.58 Å². The van der Waals surface area contributed by atoms with Gasteiger partial charge < -0.3 is 18.8 Å². The fourth-order valence-electron chi connectivity index (χ4n) is 11.1. The summed E-state index contributed by atoms with van der Waals surface area (Å²) in [7, 11) is 0. The molecule has 0 N–H and O–H groups in total. The second-order valence-electron chi connectivity index (χ2n) is 18.4. The average Bonchev–Trinajstić information content (AvgIpc) is 4.01. The Labute approximate surface area is 417 Å². The molecule has 0 amide bonds. The molecule has 72 heavy (non-hydrogen) atoms. The number of anilines is 6. The first kappa shape index (κ1) is 41.3. The molecular weight excluding hydrogens is 875 g/mol. The molecule has 0 bridgehead atoms. The number of hydrogen-bond acceptors (Lipinski definition) is 3. The molecule has 0 atom stereocenters. The van der Waals surface area contributed by atoms with Crippen molar-refractivity contribution in [1.29, 1.82) is 0 Å². The highest BCUT2D eigenvalue weighted by Gasteiger charge is 2.27. The SMILES string of the molecule is c1ccc(-c2ccc(N(c3ccccc3)c3cc4c(c5ccccc35)c3c5ccccc5c(N(c5ccccc5)c5ccc(-c6ccccc6)cc5)cc3n4-c3cccc4c3oc3ccccc34)cc2)cc1. The second-order valence-corrected chi connectivity index (χ2v) is 18.4. The largest absolute Gasteiger partial charge is 0.454 e. The van der Waals surface area contributed by atoms with Crippen molar-refractivity contribution in [2.24, 2.45) is 0 Å². The molecule has 0 unspecified atom stereocenters. The Hall–Kier alpha value is -9.64. The van der Waals surface area contributed by atoms with Gasteiger partial charge in [-0.2, -0.15) is 0 Å². The molecule has 4 nitrogen and oxygen atoms in total. The number of fused-ring (bicyclic) bond motifs is 10. The Morgan fingerprint density at radius 2 is 0.639 bits per heavy atom. The summed E-state index contributed by atoms with van der Waals surface area (Å²) < 4.78 is 9.44. The fourth-order valence-corrected chi connectivity index (χ4v) is 11.1. The lowest BCUT2D eigenvalue weighted by molar-refractivity contribution is 0.666. The van der Waals surface area contributed by atoms with Crippen LogP contribution in [0.4, 0.5) is 34.1 Å². The van der Waals surface area contributed by atoms with Crippen LogP contribution in [0.15, 0.2) is 277 Å². The maximum absolute atomic E-state index is 6.97. The summed E-state index contributed by atoms with van der Waals surface area (Å²) in [6, 6.07) is 98.4. The summed E-state index contributed by atoms with van der Waals surface area (Å²) in [4.78, 5) is 4.83. The number of benzene rings is 12. The molecule has 14 aromatic rings. The van der Waals surface area contributed by atoms with Crippen molar-refractivity contribution in [3.8, 4) is 27.9 Å². The van der Waals surface area contributed by atoms with Gasteiger partial charge in [-0.05, 0) is 106 Å². The molecule has 14 rings (SSSR count). The molecule has 0 saturated heterocycles. The van der Waals surface area contributed by atoms with Crippen molar-refractivity contribution in [1.82, 2.24) is 4.57 Å². The first-order valence-corrected chi connectivity index (χ1v) is 24.6. The number of para-hydroxylation sites is 4. The average molecular weight is 920 g/mol. The quantitative estimate of drug-likeness (QED) is 0.144. The molecule has 0 radical (unpaired) electrons. The van der Waals surface area contributed by atoms with Crippen LogP contribution in [0.1, 0.15) is 0 Å². The molecule has 0 aliphatic carbocycles. The van der Waals surface area contributed by atoms with Crippen LogP contribution >= 0.6 is 0 Å². The standard InChI is InChI=1S/C68H45N3O/c1-5-20-46(21-6-1)48-36-40-52(41-37-48)69(50-24-9-3-10-25-50)61-44-63-66(57-31-15-13-28-54(57)61)67-58-32-16-14-29-55(58)62(45-64(67)71(63)60-34-19-33-59-56-30-17-18-35-65(56)72-68(59)60)70(51-26-11-4-12-27-51)53-42-38-49(39-43-53)47-22-7-2-8-23-47/h1-45H. The number of furan rings is 1. The van der Waals surface area contributed by atoms with Crippen molar-refractivity contribution in [2.75, 3.05) is 9.80 Å². The van der Waals surface area contributed by atoms with E-state index in [0.29, 0.717) is 0 Å². The monoisotopic (exact) mass is 919 g/mol. The van der Waals surface area contributed by atoms with E-state index in [-0.39, 0.29) is 0 Å². The van der Waals surface area contributed by atoms with Crippen LogP contribution in [0, 0.1) is 0 Å². The predicted octanol–water partition coefficient (Wildman–Crippen LogP) is 19.3. The van der Waals surface area contributed by atoms with Crippen LogP contribution in [0.2, 0.25) is 0 Å². The van der Waals surface area contributed by atoms with Gasteiger partial charge in [-0.3, -0.25) is 0 Å². The first-order chi connectivity index (χ1) is 35.7. The lowest BCUT2D eigenvalue weighted by atomic mass is 9.96. The maximum atomic E-state index is 6.97. The van der Waals surface area contributed by atoms with Crippen molar-refractivity contribution >= 4 is 99.4 Å². The van der Waals surface area contributed by atoms with Gasteiger partial charge in [0.05, 0.1) is 28.1 Å². The number of hydrogen-bond donors (Lipinski definition) is 0. The van der Waals surface area contributed by atoms with Gasteiger partial charge >= 0.3 is 0 Å². The van der Waals surface area contributed by atoms with Crippen LogP contribution in [-0.2, 0) is 0 Å². The van der Waals surface area contributed by atoms with Crippen LogP contribution in [0.5, 0.6) is 0 Å². The maximum Gasteiger partial charge on any atom is 0.159 e. The first-order valence-electron chi connectivity index (χ1n) is 24.6. The van der Waals surface area contributed by atoms with Crippen molar-refractivity contribution < 1.29 is 4.42 Å². The van der Waals surface area contributed by atoms with Crippen LogP contribution in [0.25, 0.3) is 93.2 Å². The van der Waals surface area contributed by atoms with E-state index < -0.39 is 0 Å². The van der Waals surface area contributed by atoms with Gasteiger partial charge in [0.25, 0.3) is 0 Å². The summed E-state index contributed by atoms with van der Waals surface area (Å²) in [5.41, 5.74) is 16.0. The summed E-state index contributed by atoms with van der Waals surface area (Å²) in [5.74, 6) is 0. The zero-order valence-corrected chi connectivity index (χ0v) is 39.2. The van der Waals surface area contributed by atoms with E-state index in [1.165, 1.54) is 43.8 Å². The molecule has 2 aromatic heterocycles. The Kier molecular flexibility index (Phi) is 9.82. The van der Waals surface area contributed by atoms with Gasteiger partial charge in [-0.25, -0.2) is 0 Å². The van der Waals surface area contributed by atoms with Gasteiger partial charge in [0.1, 0.15) is 5.58 Å². The number of rotatable bonds is 9. The summed E-state index contributed by atoms with van der Waals surface area (Å²) >= 11 is 0. The third-order valence-corrected chi connectivity index (χ3v) is 14.3. The van der Waals surface area contributed by atoms with Crippen LogP contribution in [0.3, 0.4) is 0 Å². The van der Waals surface area contributed by atoms with Crippen LogP contribution < -0.4 is 9.80 Å². The van der Waals surface area contributed by atoms with Crippen molar-refractivity contribution in [2.45, 2.75) is 0 Å². The topological polar surface area (TPSA) is 24.6 Å². The summed E-state index contributed by atoms with van der Waals surface area (Å²) in [6.07, 6.45) is 0.